The fraction of sp³-hybridized carbons (Fsp3) is 0.867. The summed E-state index contributed by atoms with van der Waals surface area (Å²) in [5.74, 6) is -0.00907. The number of aliphatic hydroxyl groups excluding tert-OH is 1. The van der Waals surface area contributed by atoms with E-state index in [1.807, 2.05) is 34.6 Å². The molecular weight excluding hydrogens is 256 g/mol. The zero-order chi connectivity index (χ0) is 15.5. The average Bonchev–Trinajstić information content (AvgIpc) is 2.81. The van der Waals surface area contributed by atoms with Gasteiger partial charge < -0.3 is 14.9 Å². The van der Waals surface area contributed by atoms with Crippen LogP contribution in [0.1, 0.15) is 47.5 Å². The molecule has 0 aromatic carbocycles. The first-order valence-corrected chi connectivity index (χ1v) is 7.42. The number of hydrogen-bond acceptors (Lipinski definition) is 3. The number of likely N-dealkylation sites (tertiary alicyclic amines) is 1. The van der Waals surface area contributed by atoms with Crippen LogP contribution in [-0.4, -0.2) is 58.5 Å². The fourth-order valence-electron chi connectivity index (χ4n) is 2.62. The summed E-state index contributed by atoms with van der Waals surface area (Å²) in [6.07, 6.45) is 1.58. The predicted octanol–water partition coefficient (Wildman–Crippen LogP) is 1.25. The Morgan fingerprint density at radius 2 is 1.95 bits per heavy atom. The summed E-state index contributed by atoms with van der Waals surface area (Å²) in [6.45, 7) is 10.4. The molecule has 0 aromatic rings. The standard InChI is InChI=1S/C15H28N2O3/c1-11(2)16(9-10-18)13(19)12-7-6-8-17(12)14(20)15(3,4)5/h11-12,18H,6-10H2,1-5H3. The molecule has 20 heavy (non-hydrogen) atoms. The number of amides is 2. The summed E-state index contributed by atoms with van der Waals surface area (Å²) in [5, 5.41) is 9.11. The van der Waals surface area contributed by atoms with E-state index in [0.29, 0.717) is 13.1 Å². The van der Waals surface area contributed by atoms with Gasteiger partial charge in [0.05, 0.1) is 6.61 Å². The highest BCUT2D eigenvalue weighted by Gasteiger charge is 2.40. The highest BCUT2D eigenvalue weighted by molar-refractivity contribution is 5.90. The summed E-state index contributed by atoms with van der Waals surface area (Å²) < 4.78 is 0. The number of rotatable bonds is 4. The van der Waals surface area contributed by atoms with E-state index >= 15 is 0 Å². The second-order valence-electron chi connectivity index (χ2n) is 6.76. The van der Waals surface area contributed by atoms with Crippen LogP contribution in [0.3, 0.4) is 0 Å². The van der Waals surface area contributed by atoms with E-state index in [9.17, 15) is 9.59 Å². The second-order valence-corrected chi connectivity index (χ2v) is 6.76. The van der Waals surface area contributed by atoms with Gasteiger partial charge in [-0.2, -0.15) is 0 Å². The van der Waals surface area contributed by atoms with E-state index in [-0.39, 0.29) is 30.5 Å². The first-order valence-electron chi connectivity index (χ1n) is 7.42. The summed E-state index contributed by atoms with van der Waals surface area (Å²) in [7, 11) is 0. The Kier molecular flexibility index (Phi) is 5.57. The van der Waals surface area contributed by atoms with Gasteiger partial charge in [0.25, 0.3) is 0 Å². The first kappa shape index (κ1) is 17.0. The summed E-state index contributed by atoms with van der Waals surface area (Å²) in [4.78, 5) is 28.5. The third-order valence-electron chi connectivity index (χ3n) is 3.69. The molecule has 1 aliphatic rings. The zero-order valence-corrected chi connectivity index (χ0v) is 13.3. The van der Waals surface area contributed by atoms with Crippen molar-refractivity contribution in [3.63, 3.8) is 0 Å². The molecule has 0 radical (unpaired) electrons. The van der Waals surface area contributed by atoms with Crippen LogP contribution in [0.5, 0.6) is 0 Å². The van der Waals surface area contributed by atoms with E-state index in [2.05, 4.69) is 0 Å². The van der Waals surface area contributed by atoms with Crippen LogP contribution in [0, 0.1) is 5.41 Å². The topological polar surface area (TPSA) is 60.9 Å². The molecule has 0 spiro atoms. The Bertz CT molecular complexity index is 361. The van der Waals surface area contributed by atoms with E-state index in [0.717, 1.165) is 12.8 Å². The molecule has 0 bridgehead atoms. The molecule has 1 atom stereocenters. The summed E-state index contributed by atoms with van der Waals surface area (Å²) >= 11 is 0. The number of nitrogens with zero attached hydrogens (tertiary/aromatic N) is 2. The van der Waals surface area contributed by atoms with Crippen molar-refractivity contribution < 1.29 is 14.7 Å². The Labute approximate surface area is 121 Å². The van der Waals surface area contributed by atoms with Gasteiger partial charge in [0.1, 0.15) is 6.04 Å². The van der Waals surface area contributed by atoms with Gasteiger partial charge in [0, 0.05) is 24.5 Å². The molecule has 0 saturated carbocycles. The quantitative estimate of drug-likeness (QED) is 0.845. The number of carbonyl (C=O) groups excluding carboxylic acids is 2. The van der Waals surface area contributed by atoms with Gasteiger partial charge in [-0.3, -0.25) is 9.59 Å². The molecule has 1 heterocycles. The van der Waals surface area contributed by atoms with Crippen LogP contribution in [0.15, 0.2) is 0 Å². The van der Waals surface area contributed by atoms with E-state index in [4.69, 9.17) is 5.11 Å². The smallest absolute Gasteiger partial charge is 0.245 e. The Morgan fingerprint density at radius 1 is 1.35 bits per heavy atom. The maximum atomic E-state index is 12.6. The van der Waals surface area contributed by atoms with E-state index < -0.39 is 5.41 Å². The molecule has 1 unspecified atom stereocenters. The van der Waals surface area contributed by atoms with Crippen LogP contribution in [-0.2, 0) is 9.59 Å². The molecule has 2 amide bonds. The minimum absolute atomic E-state index is 0.0288. The third kappa shape index (κ3) is 3.72. The Hall–Kier alpha value is -1.10. The van der Waals surface area contributed by atoms with Crippen molar-refractivity contribution in [3.05, 3.63) is 0 Å². The van der Waals surface area contributed by atoms with Crippen molar-refractivity contribution in [1.29, 1.82) is 0 Å². The summed E-state index contributed by atoms with van der Waals surface area (Å²) in [6, 6.07) is -0.336. The molecular formula is C15H28N2O3. The molecule has 1 rings (SSSR count). The number of hydrogen-bond donors (Lipinski definition) is 1. The van der Waals surface area contributed by atoms with Gasteiger partial charge in [-0.1, -0.05) is 20.8 Å². The number of aliphatic hydroxyl groups is 1. The first-order chi connectivity index (χ1) is 9.20. The second kappa shape index (κ2) is 6.57. The van der Waals surface area contributed by atoms with Crippen molar-refractivity contribution >= 4 is 11.8 Å². The summed E-state index contributed by atoms with van der Waals surface area (Å²) in [5.41, 5.74) is -0.470. The molecule has 1 fully saturated rings. The van der Waals surface area contributed by atoms with Crippen molar-refractivity contribution in [2.75, 3.05) is 19.7 Å². The minimum atomic E-state index is -0.470. The van der Waals surface area contributed by atoms with E-state index in [1.54, 1.807) is 9.80 Å². The maximum absolute atomic E-state index is 12.6. The lowest BCUT2D eigenvalue weighted by Gasteiger charge is -2.35. The number of carbonyl (C=O) groups is 2. The minimum Gasteiger partial charge on any atom is -0.395 e. The molecule has 5 heteroatoms. The van der Waals surface area contributed by atoms with Crippen LogP contribution in [0.4, 0.5) is 0 Å². The van der Waals surface area contributed by atoms with Crippen molar-refractivity contribution in [3.8, 4) is 0 Å². The highest BCUT2D eigenvalue weighted by atomic mass is 16.3. The van der Waals surface area contributed by atoms with Crippen LogP contribution in [0.2, 0.25) is 0 Å². The van der Waals surface area contributed by atoms with Crippen molar-refractivity contribution in [1.82, 2.24) is 9.80 Å². The van der Waals surface area contributed by atoms with E-state index in [1.165, 1.54) is 0 Å². The van der Waals surface area contributed by atoms with Gasteiger partial charge in [0.15, 0.2) is 0 Å². The molecule has 1 saturated heterocycles. The fourth-order valence-corrected chi connectivity index (χ4v) is 2.62. The lowest BCUT2D eigenvalue weighted by molar-refractivity contribution is -0.149. The van der Waals surface area contributed by atoms with Crippen LogP contribution < -0.4 is 0 Å². The van der Waals surface area contributed by atoms with Gasteiger partial charge in [0.2, 0.25) is 11.8 Å². The van der Waals surface area contributed by atoms with Crippen LogP contribution >= 0.6 is 0 Å². The van der Waals surface area contributed by atoms with Gasteiger partial charge in [-0.15, -0.1) is 0 Å². The molecule has 0 aliphatic carbocycles. The maximum Gasteiger partial charge on any atom is 0.245 e. The lowest BCUT2D eigenvalue weighted by atomic mass is 9.94. The highest BCUT2D eigenvalue weighted by Crippen LogP contribution is 2.26. The molecule has 116 valence electrons. The van der Waals surface area contributed by atoms with Gasteiger partial charge >= 0.3 is 0 Å². The average molecular weight is 284 g/mol. The normalized spacial score (nSPS) is 19.6. The Morgan fingerprint density at radius 3 is 2.40 bits per heavy atom. The molecule has 5 nitrogen and oxygen atoms in total. The monoisotopic (exact) mass is 284 g/mol. The molecule has 0 aromatic heterocycles. The largest absolute Gasteiger partial charge is 0.395 e. The lowest BCUT2D eigenvalue weighted by Crippen LogP contribution is -2.52. The van der Waals surface area contributed by atoms with Crippen LogP contribution in [0.25, 0.3) is 0 Å². The zero-order valence-electron chi connectivity index (χ0n) is 13.3. The van der Waals surface area contributed by atoms with Gasteiger partial charge in [-0.25, -0.2) is 0 Å². The third-order valence-corrected chi connectivity index (χ3v) is 3.69. The van der Waals surface area contributed by atoms with Crippen molar-refractivity contribution in [2.45, 2.75) is 59.5 Å². The Balaban J connectivity index is 2.88. The molecule has 1 N–H and O–H groups in total. The predicted molar refractivity (Wildman–Crippen MR) is 78.1 cm³/mol. The van der Waals surface area contributed by atoms with Crippen molar-refractivity contribution in [2.24, 2.45) is 5.41 Å². The molecule has 1 aliphatic heterocycles. The SMILES string of the molecule is CC(C)N(CCO)C(=O)C1CCCN1C(=O)C(C)(C)C. The van der Waals surface area contributed by atoms with Gasteiger partial charge in [-0.05, 0) is 26.7 Å².